The van der Waals surface area contributed by atoms with Gasteiger partial charge in [0.05, 0.1) is 12.0 Å². The van der Waals surface area contributed by atoms with Crippen molar-refractivity contribution in [1.82, 2.24) is 10.8 Å². The summed E-state index contributed by atoms with van der Waals surface area (Å²) < 4.78 is 16.2. The number of carbonyl (C=O) groups is 1. The average molecular weight is 433 g/mol. The van der Waals surface area contributed by atoms with Gasteiger partial charge in [-0.3, -0.25) is 4.79 Å². The summed E-state index contributed by atoms with van der Waals surface area (Å²) in [6.07, 6.45) is 4.47. The SMILES string of the molecule is C=CC1CC1(CONCCC[Si](C)(C)C)C(=O)NCCC[Si](OC)(OC)OC. The maximum absolute atomic E-state index is 12.7. The molecule has 0 heterocycles. The van der Waals surface area contributed by atoms with Crippen LogP contribution in [-0.4, -0.2) is 63.8 Å². The smallest absolute Gasteiger partial charge is 0.377 e. The number of rotatable bonds is 16. The Labute approximate surface area is 172 Å². The predicted octanol–water partition coefficient (Wildman–Crippen LogP) is 2.81. The number of nitrogens with one attached hydrogen (secondary N) is 2. The van der Waals surface area contributed by atoms with Gasteiger partial charge < -0.3 is 23.4 Å². The van der Waals surface area contributed by atoms with Gasteiger partial charge in [-0.1, -0.05) is 31.8 Å². The molecule has 0 spiro atoms. The fourth-order valence-electron chi connectivity index (χ4n) is 3.32. The van der Waals surface area contributed by atoms with E-state index < -0.39 is 22.3 Å². The summed E-state index contributed by atoms with van der Waals surface area (Å²) >= 11 is 0. The van der Waals surface area contributed by atoms with E-state index in [0.717, 1.165) is 25.8 Å². The van der Waals surface area contributed by atoms with Crippen molar-refractivity contribution in [3.8, 4) is 0 Å². The van der Waals surface area contributed by atoms with Crippen LogP contribution in [0.3, 0.4) is 0 Å². The highest BCUT2D eigenvalue weighted by atomic mass is 28.4. The molecule has 164 valence electrons. The molecule has 28 heavy (non-hydrogen) atoms. The van der Waals surface area contributed by atoms with E-state index in [-0.39, 0.29) is 11.8 Å². The molecule has 0 aliphatic heterocycles. The van der Waals surface area contributed by atoms with Gasteiger partial charge in [0.25, 0.3) is 0 Å². The highest BCUT2D eigenvalue weighted by Gasteiger charge is 2.58. The van der Waals surface area contributed by atoms with Gasteiger partial charge in [-0.05, 0) is 25.2 Å². The molecule has 0 bridgehead atoms. The minimum atomic E-state index is -2.59. The zero-order chi connectivity index (χ0) is 21.3. The van der Waals surface area contributed by atoms with Crippen LogP contribution in [0.25, 0.3) is 0 Å². The van der Waals surface area contributed by atoms with Crippen molar-refractivity contribution in [3.05, 3.63) is 12.7 Å². The van der Waals surface area contributed by atoms with Gasteiger partial charge in [0.1, 0.15) is 0 Å². The van der Waals surface area contributed by atoms with Crippen molar-refractivity contribution in [2.45, 2.75) is 51.0 Å². The molecule has 0 aromatic heterocycles. The van der Waals surface area contributed by atoms with E-state index in [4.69, 9.17) is 18.1 Å². The van der Waals surface area contributed by atoms with E-state index in [0.29, 0.717) is 19.2 Å². The van der Waals surface area contributed by atoms with Gasteiger partial charge in [-0.25, -0.2) is 5.48 Å². The van der Waals surface area contributed by atoms with Crippen LogP contribution in [0.15, 0.2) is 12.7 Å². The second kappa shape index (κ2) is 11.6. The van der Waals surface area contributed by atoms with Crippen molar-refractivity contribution in [2.75, 3.05) is 41.0 Å². The number of amides is 1. The highest BCUT2D eigenvalue weighted by molar-refractivity contribution is 6.76. The Hall–Kier alpha value is -0.556. The number of carbonyl (C=O) groups excluding carboxylic acids is 1. The summed E-state index contributed by atoms with van der Waals surface area (Å²) in [6, 6.07) is 1.92. The summed E-state index contributed by atoms with van der Waals surface area (Å²) in [4.78, 5) is 18.4. The molecule has 9 heteroatoms. The number of hydrogen-bond acceptors (Lipinski definition) is 6. The molecule has 1 aliphatic carbocycles. The minimum Gasteiger partial charge on any atom is -0.377 e. The Morgan fingerprint density at radius 1 is 1.11 bits per heavy atom. The van der Waals surface area contributed by atoms with Gasteiger partial charge in [-0.2, -0.15) is 0 Å². The van der Waals surface area contributed by atoms with E-state index in [1.807, 2.05) is 6.08 Å². The van der Waals surface area contributed by atoms with Crippen LogP contribution in [0.5, 0.6) is 0 Å². The monoisotopic (exact) mass is 432 g/mol. The first kappa shape index (κ1) is 25.5. The minimum absolute atomic E-state index is 0.0285. The molecule has 2 unspecified atom stereocenters. The molecular weight excluding hydrogens is 392 g/mol. The fraction of sp³-hybridized carbons (Fsp3) is 0.842. The Bertz CT molecular complexity index is 489. The lowest BCUT2D eigenvalue weighted by atomic mass is 10.0. The molecule has 0 aromatic rings. The van der Waals surface area contributed by atoms with Crippen LogP contribution in [0.4, 0.5) is 0 Å². The first-order chi connectivity index (χ1) is 13.2. The molecule has 1 aliphatic rings. The van der Waals surface area contributed by atoms with Gasteiger partial charge >= 0.3 is 8.80 Å². The second-order valence-electron chi connectivity index (χ2n) is 8.70. The maximum Gasteiger partial charge on any atom is 0.500 e. The molecule has 1 amide bonds. The van der Waals surface area contributed by atoms with Crippen molar-refractivity contribution in [3.63, 3.8) is 0 Å². The zero-order valence-corrected chi connectivity index (χ0v) is 20.6. The van der Waals surface area contributed by atoms with Crippen LogP contribution in [0, 0.1) is 11.3 Å². The molecular formula is C19H40N2O5Si2. The van der Waals surface area contributed by atoms with Crippen molar-refractivity contribution in [1.29, 1.82) is 0 Å². The van der Waals surface area contributed by atoms with Crippen molar-refractivity contribution < 1.29 is 22.9 Å². The molecule has 0 saturated heterocycles. The molecule has 1 rings (SSSR count). The second-order valence-corrected chi connectivity index (χ2v) is 17.4. The number of hydroxylamine groups is 1. The maximum atomic E-state index is 12.7. The lowest BCUT2D eigenvalue weighted by Gasteiger charge is -2.24. The van der Waals surface area contributed by atoms with Gasteiger partial charge in [0.2, 0.25) is 5.91 Å². The summed E-state index contributed by atoms with van der Waals surface area (Å²) in [5.74, 6) is 0.197. The van der Waals surface area contributed by atoms with Gasteiger partial charge in [0, 0.05) is 48.5 Å². The predicted molar refractivity (Wildman–Crippen MR) is 117 cm³/mol. The molecule has 7 nitrogen and oxygen atoms in total. The molecule has 0 radical (unpaired) electrons. The molecule has 2 N–H and O–H groups in total. The number of hydrogen-bond donors (Lipinski definition) is 2. The Morgan fingerprint density at radius 3 is 2.21 bits per heavy atom. The zero-order valence-electron chi connectivity index (χ0n) is 18.6. The summed E-state index contributed by atoms with van der Waals surface area (Å²) in [7, 11) is 1.19. The lowest BCUT2D eigenvalue weighted by Crippen LogP contribution is -2.44. The van der Waals surface area contributed by atoms with Crippen molar-refractivity contribution in [2.24, 2.45) is 11.3 Å². The molecule has 1 fully saturated rings. The van der Waals surface area contributed by atoms with E-state index in [1.165, 1.54) is 6.04 Å². The summed E-state index contributed by atoms with van der Waals surface area (Å²) in [5, 5.41) is 3.03. The summed E-state index contributed by atoms with van der Waals surface area (Å²) in [6.45, 7) is 12.7. The van der Waals surface area contributed by atoms with E-state index in [1.54, 1.807) is 21.3 Å². The number of allylic oxidation sites excluding steroid dienone is 1. The van der Waals surface area contributed by atoms with Crippen LogP contribution in [0.2, 0.25) is 31.7 Å². The van der Waals surface area contributed by atoms with E-state index in [9.17, 15) is 4.79 Å². The van der Waals surface area contributed by atoms with Gasteiger partial charge in [-0.15, -0.1) is 6.58 Å². The standard InChI is InChI=1S/C19H40N2O5Si2/c1-8-17-15-19(17,16-26-21-12-10-13-27(5,6)7)18(22)20-11-9-14-28(23-2,24-3)25-4/h8,17,21H,1,9-16H2,2-7H3,(H,20,22). The third kappa shape index (κ3) is 7.70. The average Bonchev–Trinajstić information content (AvgIpc) is 3.39. The first-order valence-corrected chi connectivity index (χ1v) is 15.7. The van der Waals surface area contributed by atoms with E-state index in [2.05, 4.69) is 37.0 Å². The topological polar surface area (TPSA) is 78.1 Å². The van der Waals surface area contributed by atoms with Crippen molar-refractivity contribution >= 4 is 22.8 Å². The Kier molecular flexibility index (Phi) is 10.5. The summed E-state index contributed by atoms with van der Waals surface area (Å²) in [5.41, 5.74) is 2.53. The fourth-order valence-corrected chi connectivity index (χ4v) is 6.28. The third-order valence-corrected chi connectivity index (χ3v) is 10.1. The molecule has 1 saturated carbocycles. The van der Waals surface area contributed by atoms with Crippen LogP contribution >= 0.6 is 0 Å². The van der Waals surface area contributed by atoms with Crippen LogP contribution in [0.1, 0.15) is 19.3 Å². The molecule has 0 aromatic carbocycles. The third-order valence-electron chi connectivity index (χ3n) is 5.39. The lowest BCUT2D eigenvalue weighted by molar-refractivity contribution is -0.130. The van der Waals surface area contributed by atoms with Crippen LogP contribution in [-0.2, 0) is 22.9 Å². The largest absolute Gasteiger partial charge is 0.500 e. The van der Waals surface area contributed by atoms with Crippen LogP contribution < -0.4 is 10.8 Å². The Morgan fingerprint density at radius 2 is 1.71 bits per heavy atom. The first-order valence-electron chi connectivity index (χ1n) is 10.1. The molecule has 2 atom stereocenters. The van der Waals surface area contributed by atoms with E-state index >= 15 is 0 Å². The Balaban J connectivity index is 2.35. The van der Waals surface area contributed by atoms with Gasteiger partial charge in [0.15, 0.2) is 0 Å². The quantitative estimate of drug-likeness (QED) is 0.169. The normalized spacial score (nSPS) is 22.1. The highest BCUT2D eigenvalue weighted by Crippen LogP contribution is 2.53.